The third-order valence-corrected chi connectivity index (χ3v) is 3.72. The second-order valence-electron chi connectivity index (χ2n) is 5.43. The van der Waals surface area contributed by atoms with Crippen LogP contribution in [-0.2, 0) is 17.8 Å². The van der Waals surface area contributed by atoms with Gasteiger partial charge in [-0.05, 0) is 24.3 Å². The van der Waals surface area contributed by atoms with Gasteiger partial charge in [0, 0.05) is 38.8 Å². The van der Waals surface area contributed by atoms with Crippen molar-refractivity contribution in [2.75, 3.05) is 13.6 Å². The molecule has 0 atom stereocenters. The fraction of sp³-hybridized carbons (Fsp3) is 0.312. The van der Waals surface area contributed by atoms with Crippen molar-refractivity contribution in [2.45, 2.75) is 19.4 Å². The third kappa shape index (κ3) is 3.74. The normalized spacial score (nSPS) is 11.0. The topological polar surface area (TPSA) is 66.8 Å². The van der Waals surface area contributed by atoms with Crippen LogP contribution in [0.25, 0.3) is 11.0 Å². The summed E-state index contributed by atoms with van der Waals surface area (Å²) in [6.45, 7) is 1.27. The smallest absolute Gasteiger partial charge is 0.222 e. The Kier molecular flexibility index (Phi) is 4.36. The number of rotatable bonds is 6. The highest BCUT2D eigenvalue weighted by atomic mass is 19.1. The maximum atomic E-state index is 13.2. The molecule has 0 saturated heterocycles. The number of aromatic amines is 1. The molecule has 0 aliphatic rings. The van der Waals surface area contributed by atoms with Crippen LogP contribution in [0.5, 0.6) is 0 Å². The first kappa shape index (κ1) is 15.2. The summed E-state index contributed by atoms with van der Waals surface area (Å²) in [5.74, 6) is 0.436. The van der Waals surface area contributed by atoms with Crippen molar-refractivity contribution in [3.8, 4) is 0 Å². The van der Waals surface area contributed by atoms with Crippen LogP contribution in [0.1, 0.15) is 12.2 Å². The van der Waals surface area contributed by atoms with Gasteiger partial charge in [0.2, 0.25) is 5.91 Å². The zero-order chi connectivity index (χ0) is 16.2. The largest absolute Gasteiger partial charge is 0.344 e. The number of imidazole rings is 1. The van der Waals surface area contributed by atoms with Crippen LogP contribution in [0.3, 0.4) is 0 Å². The Morgan fingerprint density at radius 1 is 1.43 bits per heavy atom. The maximum Gasteiger partial charge on any atom is 0.222 e. The van der Waals surface area contributed by atoms with Crippen molar-refractivity contribution in [1.82, 2.24) is 24.6 Å². The molecule has 0 spiro atoms. The van der Waals surface area contributed by atoms with E-state index in [1.807, 2.05) is 12.3 Å². The number of hydrogen-bond donors (Lipinski definition) is 1. The maximum absolute atomic E-state index is 13.2. The lowest BCUT2D eigenvalue weighted by Crippen LogP contribution is -2.30. The van der Waals surface area contributed by atoms with E-state index in [4.69, 9.17) is 0 Å². The lowest BCUT2D eigenvalue weighted by Gasteiger charge is -2.16. The van der Waals surface area contributed by atoms with Gasteiger partial charge in [-0.2, -0.15) is 5.10 Å². The van der Waals surface area contributed by atoms with Crippen LogP contribution in [0.4, 0.5) is 4.39 Å². The van der Waals surface area contributed by atoms with Crippen molar-refractivity contribution < 1.29 is 9.18 Å². The van der Waals surface area contributed by atoms with E-state index in [9.17, 15) is 9.18 Å². The summed E-state index contributed by atoms with van der Waals surface area (Å²) in [5.41, 5.74) is 1.36. The molecule has 2 heterocycles. The van der Waals surface area contributed by atoms with Gasteiger partial charge >= 0.3 is 0 Å². The molecule has 3 aromatic rings. The number of fused-ring (bicyclic) bond motifs is 1. The Bertz CT molecular complexity index is 796. The van der Waals surface area contributed by atoms with Crippen molar-refractivity contribution in [3.63, 3.8) is 0 Å². The first-order chi connectivity index (χ1) is 11.1. The average molecular weight is 315 g/mol. The molecule has 0 saturated carbocycles. The quantitative estimate of drug-likeness (QED) is 0.756. The Balaban J connectivity index is 1.52. The number of H-pyrrole nitrogens is 1. The summed E-state index contributed by atoms with van der Waals surface area (Å²) >= 11 is 0. The molecular formula is C16H18FN5O. The van der Waals surface area contributed by atoms with E-state index < -0.39 is 0 Å². The molecular weight excluding hydrogens is 297 g/mol. The van der Waals surface area contributed by atoms with E-state index in [1.165, 1.54) is 12.1 Å². The third-order valence-electron chi connectivity index (χ3n) is 3.72. The van der Waals surface area contributed by atoms with Crippen molar-refractivity contribution in [3.05, 3.63) is 48.3 Å². The molecule has 120 valence electrons. The molecule has 6 nitrogen and oxygen atoms in total. The summed E-state index contributed by atoms with van der Waals surface area (Å²) in [6, 6.07) is 6.26. The molecule has 1 amide bonds. The summed E-state index contributed by atoms with van der Waals surface area (Å²) in [5, 5.41) is 4.11. The number of hydrogen-bond acceptors (Lipinski definition) is 3. The molecule has 7 heteroatoms. The summed E-state index contributed by atoms with van der Waals surface area (Å²) in [4.78, 5) is 21.2. The highest BCUT2D eigenvalue weighted by Gasteiger charge is 2.11. The molecule has 1 aromatic carbocycles. The molecule has 0 radical (unpaired) electrons. The Labute approximate surface area is 132 Å². The van der Waals surface area contributed by atoms with Crippen LogP contribution < -0.4 is 0 Å². The number of carbonyl (C=O) groups is 1. The molecule has 3 rings (SSSR count). The van der Waals surface area contributed by atoms with Gasteiger partial charge in [-0.1, -0.05) is 0 Å². The molecule has 0 aliphatic heterocycles. The summed E-state index contributed by atoms with van der Waals surface area (Å²) in [6.07, 6.45) is 4.44. The number of nitrogens with one attached hydrogen (secondary N) is 1. The number of halogens is 1. The Morgan fingerprint density at radius 2 is 2.30 bits per heavy atom. The van der Waals surface area contributed by atoms with Crippen LogP contribution in [0.2, 0.25) is 0 Å². The predicted molar refractivity (Wildman–Crippen MR) is 84.2 cm³/mol. The lowest BCUT2D eigenvalue weighted by molar-refractivity contribution is -0.130. The fourth-order valence-corrected chi connectivity index (χ4v) is 2.38. The van der Waals surface area contributed by atoms with Crippen molar-refractivity contribution in [2.24, 2.45) is 0 Å². The highest BCUT2D eigenvalue weighted by molar-refractivity contribution is 5.77. The predicted octanol–water partition coefficient (Wildman–Crippen LogP) is 1.99. The minimum absolute atomic E-state index is 0.0452. The van der Waals surface area contributed by atoms with Gasteiger partial charge < -0.3 is 9.88 Å². The minimum Gasteiger partial charge on any atom is -0.344 e. The van der Waals surface area contributed by atoms with E-state index >= 15 is 0 Å². The number of nitrogens with zero attached hydrogens (tertiary/aromatic N) is 4. The number of carbonyl (C=O) groups excluding carboxylic acids is 1. The average Bonchev–Trinajstić information content (AvgIpc) is 3.18. The van der Waals surface area contributed by atoms with Gasteiger partial charge in [0.25, 0.3) is 0 Å². The highest BCUT2D eigenvalue weighted by Crippen LogP contribution is 2.14. The zero-order valence-corrected chi connectivity index (χ0v) is 12.9. The number of aryl methyl sites for hydroxylation is 1. The monoisotopic (exact) mass is 315 g/mol. The van der Waals surface area contributed by atoms with E-state index in [0.717, 1.165) is 0 Å². The zero-order valence-electron chi connectivity index (χ0n) is 12.9. The first-order valence-electron chi connectivity index (χ1n) is 7.47. The van der Waals surface area contributed by atoms with Crippen LogP contribution in [0, 0.1) is 5.82 Å². The van der Waals surface area contributed by atoms with Crippen molar-refractivity contribution in [1.29, 1.82) is 0 Å². The molecule has 1 N–H and O–H groups in total. The summed E-state index contributed by atoms with van der Waals surface area (Å²) in [7, 11) is 1.78. The molecule has 0 fully saturated rings. The van der Waals surface area contributed by atoms with E-state index in [1.54, 1.807) is 28.9 Å². The fourth-order valence-electron chi connectivity index (χ4n) is 2.38. The summed E-state index contributed by atoms with van der Waals surface area (Å²) < 4.78 is 14.9. The van der Waals surface area contributed by atoms with Gasteiger partial charge in [-0.25, -0.2) is 9.37 Å². The van der Waals surface area contributed by atoms with Gasteiger partial charge in [-0.3, -0.25) is 9.48 Å². The molecule has 0 aliphatic carbocycles. The second kappa shape index (κ2) is 6.60. The number of benzene rings is 1. The van der Waals surface area contributed by atoms with Crippen LogP contribution >= 0.6 is 0 Å². The van der Waals surface area contributed by atoms with Gasteiger partial charge in [-0.15, -0.1) is 0 Å². The van der Waals surface area contributed by atoms with Crippen LogP contribution in [-0.4, -0.2) is 44.1 Å². The number of likely N-dealkylation sites (N-methyl/N-ethyl adjacent to an activating group) is 1. The number of aromatic nitrogens is 4. The Morgan fingerprint density at radius 3 is 3.09 bits per heavy atom. The molecule has 23 heavy (non-hydrogen) atoms. The lowest BCUT2D eigenvalue weighted by atomic mass is 10.2. The second-order valence-corrected chi connectivity index (χ2v) is 5.43. The SMILES string of the molecule is CN(CCn1cccn1)C(=O)CCc1nc2ccc(F)cc2[nH]1. The standard InChI is InChI=1S/C16H18FN5O/c1-21(9-10-22-8-2-7-18-22)16(23)6-5-15-19-13-4-3-12(17)11-14(13)20-15/h2-4,7-8,11H,5-6,9-10H2,1H3,(H,19,20). The Hall–Kier alpha value is -2.70. The van der Waals surface area contributed by atoms with E-state index in [0.29, 0.717) is 42.8 Å². The molecule has 0 unspecified atom stereocenters. The van der Waals surface area contributed by atoms with Crippen LogP contribution in [0.15, 0.2) is 36.7 Å². The van der Waals surface area contributed by atoms with E-state index in [-0.39, 0.29) is 11.7 Å². The first-order valence-corrected chi connectivity index (χ1v) is 7.47. The van der Waals surface area contributed by atoms with Gasteiger partial charge in [0.1, 0.15) is 11.6 Å². The minimum atomic E-state index is -0.304. The van der Waals surface area contributed by atoms with E-state index in [2.05, 4.69) is 15.1 Å². The van der Waals surface area contributed by atoms with Gasteiger partial charge in [0.15, 0.2) is 0 Å². The van der Waals surface area contributed by atoms with Crippen molar-refractivity contribution >= 4 is 16.9 Å². The van der Waals surface area contributed by atoms with Gasteiger partial charge in [0.05, 0.1) is 17.6 Å². The molecule has 2 aromatic heterocycles. The molecule has 0 bridgehead atoms. The number of amides is 1.